The number of amides is 1. The molecule has 1 aliphatic heterocycles. The number of nitrogens with one attached hydrogen (secondary N) is 1. The number of hydroxylamine groups is 1. The van der Waals surface area contributed by atoms with Crippen molar-refractivity contribution in [3.8, 4) is 0 Å². The normalized spacial score (nSPS) is 16.8. The molecule has 1 N–H and O–H groups in total. The number of benzene rings is 1. The van der Waals surface area contributed by atoms with E-state index in [2.05, 4.69) is 15.6 Å². The zero-order valence-electron chi connectivity index (χ0n) is 19.1. The Bertz CT molecular complexity index is 1050. The number of carbonyl (C=O) groups is 1. The van der Waals surface area contributed by atoms with E-state index in [0.717, 1.165) is 41.1 Å². The maximum Gasteiger partial charge on any atom is 0.296 e. The summed E-state index contributed by atoms with van der Waals surface area (Å²) < 4.78 is 7.37. The van der Waals surface area contributed by atoms with Crippen molar-refractivity contribution in [1.29, 1.82) is 0 Å². The van der Waals surface area contributed by atoms with Crippen LogP contribution < -0.4 is 5.48 Å². The molecule has 9 heteroatoms. The molecule has 1 fully saturated rings. The molecule has 4 rings (SSSR count). The lowest BCUT2D eigenvalue weighted by molar-refractivity contribution is -0.186. The van der Waals surface area contributed by atoms with E-state index in [1.54, 1.807) is 6.20 Å². The highest BCUT2D eigenvalue weighted by Crippen LogP contribution is 2.31. The SMILES string of the molecule is CC.CSc1ncc2ccc3c(C(=O)NOC4CCCCO4)nn(C(C)(C)C)c3c2n1. The quantitative estimate of drug-likeness (QED) is 0.354. The summed E-state index contributed by atoms with van der Waals surface area (Å²) >= 11 is 1.48. The van der Waals surface area contributed by atoms with Gasteiger partial charge >= 0.3 is 0 Å². The van der Waals surface area contributed by atoms with Crippen LogP contribution in [0.1, 0.15) is 64.4 Å². The Labute approximate surface area is 187 Å². The maximum absolute atomic E-state index is 12.9. The van der Waals surface area contributed by atoms with Crippen LogP contribution in [-0.4, -0.2) is 44.8 Å². The zero-order chi connectivity index (χ0) is 22.6. The Morgan fingerprint density at radius 3 is 2.71 bits per heavy atom. The number of hydrogen-bond acceptors (Lipinski definition) is 7. The van der Waals surface area contributed by atoms with Crippen LogP contribution in [0, 0.1) is 0 Å². The van der Waals surface area contributed by atoms with E-state index in [4.69, 9.17) is 14.6 Å². The first-order valence-electron chi connectivity index (χ1n) is 10.7. The lowest BCUT2D eigenvalue weighted by atomic mass is 10.1. The molecule has 31 heavy (non-hydrogen) atoms. The number of thioether (sulfide) groups is 1. The predicted octanol–water partition coefficient (Wildman–Crippen LogP) is 4.67. The average molecular weight is 446 g/mol. The van der Waals surface area contributed by atoms with E-state index < -0.39 is 12.2 Å². The van der Waals surface area contributed by atoms with Gasteiger partial charge in [0.25, 0.3) is 5.91 Å². The first-order chi connectivity index (χ1) is 14.9. The van der Waals surface area contributed by atoms with Gasteiger partial charge in [0, 0.05) is 30.0 Å². The molecule has 0 saturated carbocycles. The van der Waals surface area contributed by atoms with Crippen LogP contribution in [0.2, 0.25) is 0 Å². The van der Waals surface area contributed by atoms with Gasteiger partial charge < -0.3 is 4.74 Å². The standard InChI is InChI=1S/C20H25N5O3S.C2H6/c1-20(2,3)25-17-13(9-8-12-11-21-19(29-4)22-15(12)17)16(23-25)18(26)24-28-14-7-5-6-10-27-14;1-2/h8-9,11,14H,5-7,10H2,1-4H3,(H,24,26);1-2H3. The summed E-state index contributed by atoms with van der Waals surface area (Å²) in [5.41, 5.74) is 4.07. The fraction of sp³-hybridized carbons (Fsp3) is 0.545. The molecule has 0 spiro atoms. The smallest absolute Gasteiger partial charge is 0.296 e. The van der Waals surface area contributed by atoms with Crippen molar-refractivity contribution in [3.63, 3.8) is 0 Å². The third-order valence-corrected chi connectivity index (χ3v) is 5.39. The monoisotopic (exact) mass is 445 g/mol. The summed E-state index contributed by atoms with van der Waals surface area (Å²) in [7, 11) is 0. The Hall–Kier alpha value is -2.23. The van der Waals surface area contributed by atoms with Crippen molar-refractivity contribution in [3.05, 3.63) is 24.0 Å². The fourth-order valence-corrected chi connectivity index (χ4v) is 3.74. The van der Waals surface area contributed by atoms with Gasteiger partial charge in [-0.1, -0.05) is 31.7 Å². The molecule has 8 nitrogen and oxygen atoms in total. The molecule has 1 aromatic carbocycles. The Kier molecular flexibility index (Phi) is 7.51. The van der Waals surface area contributed by atoms with Gasteiger partial charge in [-0.3, -0.25) is 9.48 Å². The fourth-order valence-electron chi connectivity index (χ4n) is 3.40. The van der Waals surface area contributed by atoms with Crippen molar-refractivity contribution in [2.45, 2.75) is 70.9 Å². The van der Waals surface area contributed by atoms with Gasteiger partial charge in [0.05, 0.1) is 11.1 Å². The van der Waals surface area contributed by atoms with Crippen molar-refractivity contribution in [2.75, 3.05) is 12.9 Å². The van der Waals surface area contributed by atoms with Gasteiger partial charge in [0.1, 0.15) is 5.52 Å². The van der Waals surface area contributed by atoms with E-state index in [-0.39, 0.29) is 5.54 Å². The molecule has 3 aromatic rings. The van der Waals surface area contributed by atoms with Gasteiger partial charge in [-0.15, -0.1) is 0 Å². The van der Waals surface area contributed by atoms with E-state index in [9.17, 15) is 4.79 Å². The summed E-state index contributed by atoms with van der Waals surface area (Å²) in [5.74, 6) is -0.398. The highest BCUT2D eigenvalue weighted by Gasteiger charge is 2.26. The molecule has 0 bridgehead atoms. The van der Waals surface area contributed by atoms with Crippen molar-refractivity contribution in [2.24, 2.45) is 0 Å². The maximum atomic E-state index is 12.9. The summed E-state index contributed by atoms with van der Waals surface area (Å²) in [6.45, 7) is 10.8. The third kappa shape index (κ3) is 4.99. The molecule has 1 saturated heterocycles. The van der Waals surface area contributed by atoms with Gasteiger partial charge in [0.2, 0.25) is 0 Å². The number of aromatic nitrogens is 4. The van der Waals surface area contributed by atoms with Crippen LogP contribution in [0.25, 0.3) is 21.8 Å². The second-order valence-corrected chi connectivity index (χ2v) is 8.81. The van der Waals surface area contributed by atoms with Crippen LogP contribution >= 0.6 is 11.8 Å². The Morgan fingerprint density at radius 1 is 1.29 bits per heavy atom. The highest BCUT2D eigenvalue weighted by molar-refractivity contribution is 7.98. The molecule has 1 aliphatic rings. The van der Waals surface area contributed by atoms with Crippen LogP contribution in [0.15, 0.2) is 23.5 Å². The predicted molar refractivity (Wildman–Crippen MR) is 123 cm³/mol. The van der Waals surface area contributed by atoms with Crippen molar-refractivity contribution < 1.29 is 14.4 Å². The van der Waals surface area contributed by atoms with Gasteiger partial charge in [-0.05, 0) is 45.9 Å². The zero-order valence-corrected chi connectivity index (χ0v) is 19.9. The van der Waals surface area contributed by atoms with Crippen molar-refractivity contribution in [1.82, 2.24) is 25.2 Å². The van der Waals surface area contributed by atoms with Crippen molar-refractivity contribution >= 4 is 39.5 Å². The number of hydrogen-bond donors (Lipinski definition) is 1. The second-order valence-electron chi connectivity index (χ2n) is 8.03. The first-order valence-corrected chi connectivity index (χ1v) is 11.9. The van der Waals surface area contributed by atoms with E-state index >= 15 is 0 Å². The lowest BCUT2D eigenvalue weighted by Crippen LogP contribution is -2.33. The molecule has 168 valence electrons. The Balaban J connectivity index is 0.00000132. The molecule has 1 amide bonds. The average Bonchev–Trinajstić information content (AvgIpc) is 3.20. The number of ether oxygens (including phenoxy) is 1. The molecular weight excluding hydrogens is 414 g/mol. The summed E-state index contributed by atoms with van der Waals surface area (Å²) in [4.78, 5) is 27.4. The molecule has 2 aromatic heterocycles. The largest absolute Gasteiger partial charge is 0.350 e. The van der Waals surface area contributed by atoms with E-state index in [0.29, 0.717) is 17.5 Å². The van der Waals surface area contributed by atoms with Crippen LogP contribution in [0.5, 0.6) is 0 Å². The minimum atomic E-state index is -0.415. The molecule has 1 atom stereocenters. The highest BCUT2D eigenvalue weighted by atomic mass is 32.2. The summed E-state index contributed by atoms with van der Waals surface area (Å²) in [6, 6.07) is 3.80. The summed E-state index contributed by atoms with van der Waals surface area (Å²) in [6.07, 6.45) is 6.12. The minimum Gasteiger partial charge on any atom is -0.350 e. The van der Waals surface area contributed by atoms with E-state index in [1.807, 2.05) is 57.7 Å². The number of nitrogens with zero attached hydrogens (tertiary/aromatic N) is 4. The molecule has 1 unspecified atom stereocenters. The first kappa shape index (κ1) is 23.4. The Morgan fingerprint density at radius 2 is 2.06 bits per heavy atom. The second kappa shape index (κ2) is 9.93. The van der Waals surface area contributed by atoms with Gasteiger partial charge in [-0.25, -0.2) is 20.3 Å². The van der Waals surface area contributed by atoms with Crippen LogP contribution in [0.3, 0.4) is 0 Å². The molecular formula is C22H31N5O3S. The van der Waals surface area contributed by atoms with Gasteiger partial charge in [-0.2, -0.15) is 5.10 Å². The van der Waals surface area contributed by atoms with Crippen LogP contribution in [-0.2, 0) is 15.1 Å². The number of carbonyl (C=O) groups excluding carboxylic acids is 1. The minimum absolute atomic E-state index is 0.303. The third-order valence-electron chi connectivity index (χ3n) is 4.82. The van der Waals surface area contributed by atoms with Crippen LogP contribution in [0.4, 0.5) is 0 Å². The molecule has 0 aliphatic carbocycles. The molecule has 3 heterocycles. The number of rotatable bonds is 4. The topological polar surface area (TPSA) is 91.2 Å². The molecule has 0 radical (unpaired) electrons. The number of fused-ring (bicyclic) bond motifs is 3. The lowest BCUT2D eigenvalue weighted by Gasteiger charge is -2.22. The summed E-state index contributed by atoms with van der Waals surface area (Å²) in [5, 5.41) is 6.95. The van der Waals surface area contributed by atoms with Gasteiger partial charge in [0.15, 0.2) is 17.1 Å². The van der Waals surface area contributed by atoms with E-state index in [1.165, 1.54) is 11.8 Å².